The molecule has 3 heteroatoms. The van der Waals surface area contributed by atoms with E-state index in [2.05, 4.69) is 21.2 Å². The first-order chi connectivity index (χ1) is 8.09. The molecule has 0 amide bonds. The van der Waals surface area contributed by atoms with Crippen LogP contribution < -0.4 is 5.32 Å². The van der Waals surface area contributed by atoms with Crippen LogP contribution in [0.3, 0.4) is 0 Å². The van der Waals surface area contributed by atoms with E-state index in [4.69, 9.17) is 0 Å². The van der Waals surface area contributed by atoms with Crippen molar-refractivity contribution in [3.63, 3.8) is 0 Å². The fourth-order valence-electron chi connectivity index (χ4n) is 2.39. The number of piperidine rings is 1. The van der Waals surface area contributed by atoms with Crippen molar-refractivity contribution in [3.05, 3.63) is 33.5 Å². The topological polar surface area (TPSA) is 12.0 Å². The van der Waals surface area contributed by atoms with Crippen LogP contribution in [0.1, 0.15) is 56.2 Å². The molecule has 1 aliphatic rings. The summed E-state index contributed by atoms with van der Waals surface area (Å²) in [4.78, 5) is 0. The Labute approximate surface area is 111 Å². The highest BCUT2D eigenvalue weighted by molar-refractivity contribution is 9.10. The Hall–Kier alpha value is -0.410. The van der Waals surface area contributed by atoms with Crippen molar-refractivity contribution in [3.8, 4) is 0 Å². The van der Waals surface area contributed by atoms with Gasteiger partial charge in [-0.15, -0.1) is 0 Å². The molecule has 1 aromatic carbocycles. The summed E-state index contributed by atoms with van der Waals surface area (Å²) in [6.45, 7) is 5.13. The van der Waals surface area contributed by atoms with Crippen molar-refractivity contribution in [2.24, 2.45) is 0 Å². The largest absolute Gasteiger partial charge is 0.310 e. The molecular formula is C14H19BrFN. The fourth-order valence-corrected chi connectivity index (χ4v) is 2.88. The van der Waals surface area contributed by atoms with Crippen LogP contribution in [0.5, 0.6) is 0 Å². The zero-order chi connectivity index (χ0) is 12.4. The molecule has 2 rings (SSSR count). The van der Waals surface area contributed by atoms with Gasteiger partial charge in [0.05, 0.1) is 4.47 Å². The highest BCUT2D eigenvalue weighted by Crippen LogP contribution is 2.31. The molecule has 1 atom stereocenters. The normalized spacial score (nSPS) is 20.9. The molecule has 0 spiro atoms. The van der Waals surface area contributed by atoms with Gasteiger partial charge in [0.1, 0.15) is 5.82 Å². The van der Waals surface area contributed by atoms with Gasteiger partial charge in [-0.2, -0.15) is 0 Å². The van der Waals surface area contributed by atoms with Crippen LogP contribution >= 0.6 is 15.9 Å². The summed E-state index contributed by atoms with van der Waals surface area (Å²) in [6.07, 6.45) is 3.65. The molecule has 0 aromatic heterocycles. The van der Waals surface area contributed by atoms with E-state index < -0.39 is 0 Å². The van der Waals surface area contributed by atoms with Crippen molar-refractivity contribution >= 4 is 15.9 Å². The van der Waals surface area contributed by atoms with Crippen LogP contribution in [0.2, 0.25) is 0 Å². The summed E-state index contributed by atoms with van der Waals surface area (Å²) in [6, 6.07) is 4.33. The summed E-state index contributed by atoms with van der Waals surface area (Å²) < 4.78 is 14.5. The maximum Gasteiger partial charge on any atom is 0.140 e. The molecule has 0 saturated carbocycles. The summed E-state index contributed by atoms with van der Waals surface area (Å²) in [5.74, 6) is 0.106. The average molecular weight is 300 g/mol. The lowest BCUT2D eigenvalue weighted by Crippen LogP contribution is -2.27. The van der Waals surface area contributed by atoms with Crippen LogP contribution in [0.15, 0.2) is 16.6 Å². The number of nitrogens with one attached hydrogen (secondary N) is 1. The Balaban J connectivity index is 2.34. The third-order valence-electron chi connectivity index (χ3n) is 3.41. The number of halogens is 2. The lowest BCUT2D eigenvalue weighted by Gasteiger charge is -2.25. The number of hydrogen-bond acceptors (Lipinski definition) is 1. The van der Waals surface area contributed by atoms with E-state index in [-0.39, 0.29) is 11.7 Å². The van der Waals surface area contributed by atoms with E-state index in [1.54, 1.807) is 0 Å². The summed E-state index contributed by atoms with van der Waals surface area (Å²) in [5, 5.41) is 3.50. The third-order valence-corrected chi connectivity index (χ3v) is 3.99. The molecule has 1 saturated heterocycles. The summed E-state index contributed by atoms with van der Waals surface area (Å²) >= 11 is 3.33. The zero-order valence-corrected chi connectivity index (χ0v) is 12.0. The molecule has 17 heavy (non-hydrogen) atoms. The maximum atomic E-state index is 13.9. The second-order valence-electron chi connectivity index (χ2n) is 5.06. The monoisotopic (exact) mass is 299 g/mol. The first-order valence-corrected chi connectivity index (χ1v) is 7.11. The first kappa shape index (κ1) is 13.0. The predicted octanol–water partition coefficient (Wildman–Crippen LogP) is 4.53. The van der Waals surface area contributed by atoms with Gasteiger partial charge < -0.3 is 5.32 Å². The first-order valence-electron chi connectivity index (χ1n) is 6.32. The van der Waals surface area contributed by atoms with Gasteiger partial charge >= 0.3 is 0 Å². The molecule has 1 heterocycles. The molecule has 1 nitrogen and oxygen atoms in total. The van der Waals surface area contributed by atoms with Gasteiger partial charge in [-0.05, 0) is 58.4 Å². The Morgan fingerprint density at radius 1 is 1.35 bits per heavy atom. The predicted molar refractivity (Wildman–Crippen MR) is 72.8 cm³/mol. The van der Waals surface area contributed by atoms with Crippen molar-refractivity contribution < 1.29 is 4.39 Å². The van der Waals surface area contributed by atoms with Crippen LogP contribution in [0.4, 0.5) is 4.39 Å². The van der Waals surface area contributed by atoms with E-state index in [9.17, 15) is 4.39 Å². The molecule has 1 N–H and O–H groups in total. The van der Waals surface area contributed by atoms with E-state index in [0.29, 0.717) is 10.5 Å². The highest BCUT2D eigenvalue weighted by atomic mass is 79.9. The van der Waals surface area contributed by atoms with E-state index in [1.165, 1.54) is 18.4 Å². The zero-order valence-electron chi connectivity index (χ0n) is 10.4. The lowest BCUT2D eigenvalue weighted by molar-refractivity contribution is 0.411. The molecule has 1 aromatic rings. The lowest BCUT2D eigenvalue weighted by atomic mass is 9.93. The van der Waals surface area contributed by atoms with Crippen LogP contribution in [-0.4, -0.2) is 6.54 Å². The Bertz CT molecular complexity index is 397. The minimum atomic E-state index is -0.112. The Morgan fingerprint density at radius 3 is 2.71 bits per heavy atom. The smallest absolute Gasteiger partial charge is 0.140 e. The standard InChI is InChI=1S/C14H19BrFN/c1-9(2)11-7-10(8-12(15)14(11)16)13-5-3-4-6-17-13/h7-9,13,17H,3-6H2,1-2H3. The molecular weight excluding hydrogens is 281 g/mol. The second-order valence-corrected chi connectivity index (χ2v) is 5.92. The van der Waals surface area contributed by atoms with E-state index in [0.717, 1.165) is 18.5 Å². The summed E-state index contributed by atoms with van der Waals surface area (Å²) in [7, 11) is 0. The molecule has 0 radical (unpaired) electrons. The van der Waals surface area contributed by atoms with Crippen molar-refractivity contribution in [2.75, 3.05) is 6.54 Å². The van der Waals surface area contributed by atoms with Crippen LogP contribution in [-0.2, 0) is 0 Å². The van der Waals surface area contributed by atoms with Crippen molar-refractivity contribution in [2.45, 2.75) is 45.1 Å². The molecule has 1 fully saturated rings. The van der Waals surface area contributed by atoms with Gasteiger partial charge in [0, 0.05) is 6.04 Å². The number of benzene rings is 1. The molecule has 94 valence electrons. The SMILES string of the molecule is CC(C)c1cc(C2CCCCN2)cc(Br)c1F. The number of rotatable bonds is 2. The van der Waals surface area contributed by atoms with Crippen molar-refractivity contribution in [1.29, 1.82) is 0 Å². The number of hydrogen-bond donors (Lipinski definition) is 1. The van der Waals surface area contributed by atoms with Gasteiger partial charge in [0.25, 0.3) is 0 Å². The summed E-state index contributed by atoms with van der Waals surface area (Å²) in [5.41, 5.74) is 2.02. The minimum Gasteiger partial charge on any atom is -0.310 e. The Kier molecular flexibility index (Phi) is 4.21. The Morgan fingerprint density at radius 2 is 2.12 bits per heavy atom. The van der Waals surface area contributed by atoms with Crippen LogP contribution in [0.25, 0.3) is 0 Å². The van der Waals surface area contributed by atoms with Crippen LogP contribution in [0, 0.1) is 5.82 Å². The van der Waals surface area contributed by atoms with Crippen molar-refractivity contribution in [1.82, 2.24) is 5.32 Å². The van der Waals surface area contributed by atoms with Gasteiger partial charge in [-0.25, -0.2) is 4.39 Å². The van der Waals surface area contributed by atoms with Gasteiger partial charge in [-0.1, -0.05) is 26.3 Å². The van der Waals surface area contributed by atoms with Gasteiger partial charge in [0.2, 0.25) is 0 Å². The second kappa shape index (κ2) is 5.49. The average Bonchev–Trinajstić information content (AvgIpc) is 2.33. The van der Waals surface area contributed by atoms with Gasteiger partial charge in [0.15, 0.2) is 0 Å². The van der Waals surface area contributed by atoms with Gasteiger partial charge in [-0.3, -0.25) is 0 Å². The molecule has 1 aliphatic heterocycles. The van der Waals surface area contributed by atoms with E-state index >= 15 is 0 Å². The molecule has 0 aliphatic carbocycles. The maximum absolute atomic E-state index is 13.9. The minimum absolute atomic E-state index is 0.112. The molecule has 0 bridgehead atoms. The fraction of sp³-hybridized carbons (Fsp3) is 0.571. The highest BCUT2D eigenvalue weighted by Gasteiger charge is 2.19. The molecule has 1 unspecified atom stereocenters. The quantitative estimate of drug-likeness (QED) is 0.846. The van der Waals surface area contributed by atoms with E-state index in [1.807, 2.05) is 26.0 Å². The third kappa shape index (κ3) is 2.89.